The summed E-state index contributed by atoms with van der Waals surface area (Å²) in [6.45, 7) is 4.37. The van der Waals surface area contributed by atoms with Crippen molar-refractivity contribution in [2.75, 3.05) is 0 Å². The Morgan fingerprint density at radius 3 is 2.62 bits per heavy atom. The predicted molar refractivity (Wildman–Crippen MR) is 79.2 cm³/mol. The van der Waals surface area contributed by atoms with Crippen LogP contribution in [0.1, 0.15) is 47.9 Å². The number of hydrogen-bond acceptors (Lipinski definition) is 3. The van der Waals surface area contributed by atoms with Gasteiger partial charge in [-0.15, -0.1) is 0 Å². The van der Waals surface area contributed by atoms with Crippen LogP contribution in [0.4, 0.5) is 0 Å². The third-order valence-corrected chi connectivity index (χ3v) is 4.69. The van der Waals surface area contributed by atoms with Gasteiger partial charge in [-0.3, -0.25) is 9.78 Å². The van der Waals surface area contributed by atoms with Crippen molar-refractivity contribution in [3.63, 3.8) is 0 Å². The van der Waals surface area contributed by atoms with E-state index in [4.69, 9.17) is 4.74 Å². The van der Waals surface area contributed by atoms with E-state index in [2.05, 4.69) is 24.9 Å². The zero-order valence-electron chi connectivity index (χ0n) is 12.2. The highest BCUT2D eigenvalue weighted by Crippen LogP contribution is 2.60. The number of Topliss-reactive ketones (excluding diaryl/α,β-unsaturated/α-hetero) is 1. The highest BCUT2D eigenvalue weighted by molar-refractivity contribution is 6.07. The van der Waals surface area contributed by atoms with E-state index >= 15 is 0 Å². The summed E-state index contributed by atoms with van der Waals surface area (Å²) in [7, 11) is 0. The molecule has 0 bridgehead atoms. The van der Waals surface area contributed by atoms with Crippen molar-refractivity contribution in [3.8, 4) is 0 Å². The Bertz CT molecular complexity index is 723. The maximum atomic E-state index is 12.9. The second-order valence-electron chi connectivity index (χ2n) is 6.60. The number of carbonyl (C=O) groups excluding carboxylic acids is 1. The fourth-order valence-corrected chi connectivity index (χ4v) is 3.69. The van der Waals surface area contributed by atoms with Gasteiger partial charge in [0.05, 0.1) is 0 Å². The molecule has 4 rings (SSSR count). The average molecular weight is 279 g/mol. The Balaban J connectivity index is 1.79. The van der Waals surface area contributed by atoms with Gasteiger partial charge in [0.1, 0.15) is 6.10 Å². The van der Waals surface area contributed by atoms with E-state index in [1.807, 2.05) is 30.3 Å². The van der Waals surface area contributed by atoms with Gasteiger partial charge in [0.2, 0.25) is 0 Å². The van der Waals surface area contributed by atoms with Gasteiger partial charge in [0, 0.05) is 18.0 Å². The number of hydrogen-bond donors (Lipinski definition) is 0. The van der Waals surface area contributed by atoms with Gasteiger partial charge in [-0.05, 0) is 35.1 Å². The van der Waals surface area contributed by atoms with Gasteiger partial charge in [-0.1, -0.05) is 38.1 Å². The number of rotatable bonds is 1. The summed E-state index contributed by atoms with van der Waals surface area (Å²) >= 11 is 0. The predicted octanol–water partition coefficient (Wildman–Crippen LogP) is 3.46. The Morgan fingerprint density at radius 1 is 1.14 bits per heavy atom. The minimum atomic E-state index is -0.681. The zero-order valence-corrected chi connectivity index (χ0v) is 12.2. The number of pyridine rings is 1. The Kier molecular flexibility index (Phi) is 2.43. The lowest BCUT2D eigenvalue weighted by atomic mass is 9.66. The molecule has 0 amide bonds. The quantitative estimate of drug-likeness (QED) is 0.751. The Hall–Kier alpha value is -2.00. The van der Waals surface area contributed by atoms with Crippen molar-refractivity contribution in [2.45, 2.75) is 37.4 Å². The summed E-state index contributed by atoms with van der Waals surface area (Å²) in [5.41, 5.74) is 2.23. The van der Waals surface area contributed by atoms with Gasteiger partial charge in [0.15, 0.2) is 11.4 Å². The monoisotopic (exact) mass is 279 g/mol. The van der Waals surface area contributed by atoms with Crippen molar-refractivity contribution < 1.29 is 9.53 Å². The van der Waals surface area contributed by atoms with Crippen LogP contribution in [-0.2, 0) is 10.2 Å². The summed E-state index contributed by atoms with van der Waals surface area (Å²) in [4.78, 5) is 17.0. The lowest BCUT2D eigenvalue weighted by Gasteiger charge is -2.35. The number of nitrogens with zero attached hydrogens (tertiary/aromatic N) is 1. The van der Waals surface area contributed by atoms with Crippen molar-refractivity contribution >= 4 is 5.78 Å². The smallest absolute Gasteiger partial charge is 0.198 e. The second-order valence-corrected chi connectivity index (χ2v) is 6.60. The first-order valence-electron chi connectivity index (χ1n) is 7.27. The SMILES string of the molecule is CC1(C)C[C@@]2(O[C@@H]2c2ccncc2)C(=O)c2ccccc21. The van der Waals surface area contributed by atoms with Crippen molar-refractivity contribution in [3.05, 3.63) is 65.5 Å². The maximum Gasteiger partial charge on any atom is 0.198 e. The first-order chi connectivity index (χ1) is 10.0. The van der Waals surface area contributed by atoms with E-state index in [0.29, 0.717) is 0 Å². The topological polar surface area (TPSA) is 42.5 Å². The molecule has 0 saturated carbocycles. The number of aromatic nitrogens is 1. The first-order valence-corrected chi connectivity index (χ1v) is 7.27. The molecule has 2 aromatic rings. The summed E-state index contributed by atoms with van der Waals surface area (Å²) < 4.78 is 5.96. The molecule has 21 heavy (non-hydrogen) atoms. The van der Waals surface area contributed by atoms with E-state index < -0.39 is 5.60 Å². The molecule has 1 fully saturated rings. The normalized spacial score (nSPS) is 29.2. The van der Waals surface area contributed by atoms with Crippen LogP contribution in [0.15, 0.2) is 48.8 Å². The number of ketones is 1. The van der Waals surface area contributed by atoms with E-state index in [9.17, 15) is 4.79 Å². The van der Waals surface area contributed by atoms with Crippen LogP contribution in [0, 0.1) is 0 Å². The molecule has 1 aromatic heterocycles. The zero-order chi connectivity index (χ0) is 14.7. The van der Waals surface area contributed by atoms with E-state index in [1.165, 1.54) is 0 Å². The van der Waals surface area contributed by atoms with E-state index in [-0.39, 0.29) is 17.3 Å². The van der Waals surface area contributed by atoms with Crippen molar-refractivity contribution in [2.24, 2.45) is 0 Å². The molecular weight excluding hydrogens is 262 g/mol. The first kappa shape index (κ1) is 12.7. The maximum absolute atomic E-state index is 12.9. The number of fused-ring (bicyclic) bond motifs is 1. The summed E-state index contributed by atoms with van der Waals surface area (Å²) in [5, 5.41) is 0. The molecule has 1 aliphatic carbocycles. The minimum absolute atomic E-state index is 0.0632. The molecule has 2 heterocycles. The van der Waals surface area contributed by atoms with Gasteiger partial charge in [-0.25, -0.2) is 0 Å². The lowest BCUT2D eigenvalue weighted by Crippen LogP contribution is -2.40. The van der Waals surface area contributed by atoms with Gasteiger partial charge in [0.25, 0.3) is 0 Å². The molecule has 3 nitrogen and oxygen atoms in total. The van der Waals surface area contributed by atoms with Gasteiger partial charge >= 0.3 is 0 Å². The van der Waals surface area contributed by atoms with Crippen LogP contribution in [0.2, 0.25) is 0 Å². The third-order valence-electron chi connectivity index (χ3n) is 4.69. The van der Waals surface area contributed by atoms with Crippen LogP contribution in [-0.4, -0.2) is 16.4 Å². The third kappa shape index (κ3) is 1.70. The molecule has 1 aliphatic heterocycles. The standard InChI is InChI=1S/C18H17NO2/c1-17(2)11-18(15(20)13-5-3-4-6-14(13)17)16(21-18)12-7-9-19-10-8-12/h3-10,16H,11H2,1-2H3/t16-,18-/m1/s1. The summed E-state index contributed by atoms with van der Waals surface area (Å²) in [6, 6.07) is 11.8. The van der Waals surface area contributed by atoms with Crippen molar-refractivity contribution in [1.82, 2.24) is 4.98 Å². The van der Waals surface area contributed by atoms with Gasteiger partial charge < -0.3 is 4.74 Å². The van der Waals surface area contributed by atoms with Gasteiger partial charge in [-0.2, -0.15) is 0 Å². The molecule has 0 radical (unpaired) electrons. The fourth-order valence-electron chi connectivity index (χ4n) is 3.69. The van der Waals surface area contributed by atoms with E-state index in [0.717, 1.165) is 23.1 Å². The average Bonchev–Trinajstić information content (AvgIpc) is 3.21. The highest BCUT2D eigenvalue weighted by atomic mass is 16.6. The second kappa shape index (κ2) is 4.01. The largest absolute Gasteiger partial charge is 0.352 e. The van der Waals surface area contributed by atoms with Crippen LogP contribution < -0.4 is 0 Å². The number of ether oxygens (including phenoxy) is 1. The number of benzene rings is 1. The Labute approximate surface area is 124 Å². The molecular formula is C18H17NO2. The molecule has 1 spiro atoms. The fraction of sp³-hybridized carbons (Fsp3) is 0.333. The minimum Gasteiger partial charge on any atom is -0.352 e. The summed E-state index contributed by atoms with van der Waals surface area (Å²) in [5.74, 6) is 0.124. The molecule has 1 aromatic carbocycles. The molecule has 106 valence electrons. The lowest BCUT2D eigenvalue weighted by molar-refractivity contribution is 0.0812. The van der Waals surface area contributed by atoms with Crippen LogP contribution >= 0.6 is 0 Å². The highest BCUT2D eigenvalue weighted by Gasteiger charge is 2.66. The Morgan fingerprint density at radius 2 is 1.86 bits per heavy atom. The number of carbonyl (C=O) groups is 1. The molecule has 3 heteroatoms. The molecule has 0 N–H and O–H groups in total. The van der Waals surface area contributed by atoms with Crippen LogP contribution in [0.5, 0.6) is 0 Å². The molecule has 1 saturated heterocycles. The molecule has 2 aliphatic rings. The van der Waals surface area contributed by atoms with Crippen LogP contribution in [0.3, 0.4) is 0 Å². The molecule has 0 unspecified atom stereocenters. The van der Waals surface area contributed by atoms with E-state index in [1.54, 1.807) is 12.4 Å². The van der Waals surface area contributed by atoms with Crippen LogP contribution in [0.25, 0.3) is 0 Å². The van der Waals surface area contributed by atoms with Crippen molar-refractivity contribution in [1.29, 1.82) is 0 Å². The summed E-state index contributed by atoms with van der Waals surface area (Å²) in [6.07, 6.45) is 4.08. The number of epoxide rings is 1. The molecule has 2 atom stereocenters.